The van der Waals surface area contributed by atoms with Gasteiger partial charge in [-0.25, -0.2) is 4.39 Å². The van der Waals surface area contributed by atoms with E-state index in [1.807, 2.05) is 18.2 Å². The molecule has 2 heterocycles. The molecule has 0 fully saturated rings. The van der Waals surface area contributed by atoms with E-state index in [0.717, 1.165) is 22.6 Å². The minimum absolute atomic E-state index is 0.0333. The summed E-state index contributed by atoms with van der Waals surface area (Å²) in [6.45, 7) is 1.29. The van der Waals surface area contributed by atoms with Crippen molar-refractivity contribution in [2.75, 3.05) is 25.3 Å². The Labute approximate surface area is 179 Å². The second-order valence-corrected chi connectivity index (χ2v) is 7.58. The molecular weight excluding hydrogens is 403 g/mol. The molecular formula is C23H25FN2O5. The summed E-state index contributed by atoms with van der Waals surface area (Å²) in [4.78, 5) is 23.5. The van der Waals surface area contributed by atoms with Crippen molar-refractivity contribution in [2.24, 2.45) is 0 Å². The van der Waals surface area contributed by atoms with Crippen LogP contribution in [0.3, 0.4) is 0 Å². The third-order valence-electron chi connectivity index (χ3n) is 5.26. The minimum atomic E-state index is -0.337. The van der Waals surface area contributed by atoms with Crippen LogP contribution in [0.2, 0.25) is 0 Å². The predicted octanol–water partition coefficient (Wildman–Crippen LogP) is 3.09. The van der Waals surface area contributed by atoms with Crippen LogP contribution in [-0.2, 0) is 33.8 Å². The lowest BCUT2D eigenvalue weighted by Gasteiger charge is -2.21. The van der Waals surface area contributed by atoms with Gasteiger partial charge in [-0.1, -0.05) is 0 Å². The van der Waals surface area contributed by atoms with E-state index in [1.54, 1.807) is 0 Å². The van der Waals surface area contributed by atoms with E-state index in [4.69, 9.17) is 14.2 Å². The predicted molar refractivity (Wildman–Crippen MR) is 112 cm³/mol. The van der Waals surface area contributed by atoms with Crippen LogP contribution in [0, 0.1) is 5.82 Å². The van der Waals surface area contributed by atoms with Crippen LogP contribution in [0.1, 0.15) is 36.0 Å². The molecule has 0 bridgehead atoms. The van der Waals surface area contributed by atoms with Crippen molar-refractivity contribution < 1.29 is 28.2 Å². The Morgan fingerprint density at radius 3 is 3.00 bits per heavy atom. The summed E-state index contributed by atoms with van der Waals surface area (Å²) in [6.07, 6.45) is 2.58. The topological polar surface area (TPSA) is 85.9 Å². The quantitative estimate of drug-likeness (QED) is 0.631. The van der Waals surface area contributed by atoms with Gasteiger partial charge in [-0.05, 0) is 60.7 Å². The van der Waals surface area contributed by atoms with E-state index in [1.165, 1.54) is 12.1 Å². The molecule has 164 valence electrons. The Morgan fingerprint density at radius 2 is 2.10 bits per heavy atom. The highest BCUT2D eigenvalue weighted by Crippen LogP contribution is 2.30. The molecule has 2 aromatic carbocycles. The maximum absolute atomic E-state index is 13.8. The molecule has 2 aliphatic heterocycles. The smallest absolute Gasteiger partial charge is 0.224 e. The Hall–Kier alpha value is -3.13. The lowest BCUT2D eigenvalue weighted by atomic mass is 10.0. The van der Waals surface area contributed by atoms with Crippen molar-refractivity contribution >= 4 is 17.5 Å². The Balaban J connectivity index is 1.17. The third-order valence-corrected chi connectivity index (χ3v) is 5.26. The van der Waals surface area contributed by atoms with E-state index < -0.39 is 0 Å². The van der Waals surface area contributed by atoms with Crippen LogP contribution in [0.25, 0.3) is 0 Å². The van der Waals surface area contributed by atoms with E-state index in [-0.39, 0.29) is 24.4 Å². The van der Waals surface area contributed by atoms with Crippen LogP contribution < -0.4 is 20.1 Å². The van der Waals surface area contributed by atoms with Gasteiger partial charge >= 0.3 is 0 Å². The molecule has 0 saturated heterocycles. The van der Waals surface area contributed by atoms with Crippen LogP contribution in [0.15, 0.2) is 30.3 Å². The summed E-state index contributed by atoms with van der Waals surface area (Å²) in [7, 11) is 0. The van der Waals surface area contributed by atoms with Gasteiger partial charge in [0.2, 0.25) is 11.8 Å². The number of carbonyl (C=O) groups is 2. The number of benzene rings is 2. The van der Waals surface area contributed by atoms with Crippen molar-refractivity contribution in [3.8, 4) is 11.5 Å². The van der Waals surface area contributed by atoms with Gasteiger partial charge < -0.3 is 24.8 Å². The first-order valence-electron chi connectivity index (χ1n) is 10.4. The van der Waals surface area contributed by atoms with Gasteiger partial charge in [-0.3, -0.25) is 9.59 Å². The molecule has 0 aliphatic carbocycles. The van der Waals surface area contributed by atoms with Crippen LogP contribution in [0.5, 0.6) is 11.5 Å². The van der Waals surface area contributed by atoms with Crippen molar-refractivity contribution in [3.63, 3.8) is 0 Å². The number of amides is 2. The molecule has 4 rings (SSSR count). The number of hydrogen-bond acceptors (Lipinski definition) is 5. The van der Waals surface area contributed by atoms with E-state index in [9.17, 15) is 14.0 Å². The van der Waals surface area contributed by atoms with Crippen molar-refractivity contribution in [1.29, 1.82) is 0 Å². The largest absolute Gasteiger partial charge is 0.494 e. The molecule has 0 spiro atoms. The molecule has 7 nitrogen and oxygen atoms in total. The number of carbonyl (C=O) groups excluding carboxylic acids is 2. The second-order valence-electron chi connectivity index (χ2n) is 7.58. The van der Waals surface area contributed by atoms with Crippen molar-refractivity contribution in [3.05, 3.63) is 52.8 Å². The molecule has 31 heavy (non-hydrogen) atoms. The zero-order valence-corrected chi connectivity index (χ0v) is 17.2. The molecule has 2 N–H and O–H groups in total. The highest BCUT2D eigenvalue weighted by molar-refractivity contribution is 5.94. The van der Waals surface area contributed by atoms with E-state index >= 15 is 0 Å². The summed E-state index contributed by atoms with van der Waals surface area (Å²) >= 11 is 0. The summed E-state index contributed by atoms with van der Waals surface area (Å²) in [5.74, 6) is 1.00. The summed E-state index contributed by atoms with van der Waals surface area (Å²) in [5.41, 5.74) is 3.31. The van der Waals surface area contributed by atoms with Crippen LogP contribution >= 0.6 is 0 Å². The highest BCUT2D eigenvalue weighted by Gasteiger charge is 2.17. The Morgan fingerprint density at radius 1 is 1.19 bits per heavy atom. The first kappa shape index (κ1) is 21.1. The third kappa shape index (κ3) is 5.52. The SMILES string of the molecule is O=C(CCCOc1ccc2c(c1)CCC(=O)N2)NCCc1cc(F)cc2c1OCOC2. The minimum Gasteiger partial charge on any atom is -0.494 e. The van der Waals surface area contributed by atoms with Gasteiger partial charge in [0.1, 0.15) is 17.3 Å². The normalized spacial score (nSPS) is 14.7. The van der Waals surface area contributed by atoms with Crippen LogP contribution in [-0.4, -0.2) is 31.8 Å². The zero-order chi connectivity index (χ0) is 21.6. The fourth-order valence-corrected chi connectivity index (χ4v) is 3.74. The highest BCUT2D eigenvalue weighted by atomic mass is 19.1. The van der Waals surface area contributed by atoms with Gasteiger partial charge in [0, 0.05) is 30.6 Å². The standard InChI is InChI=1S/C23H25FN2O5/c24-18-10-16(23-17(11-18)13-29-14-31-23)7-8-25-21(27)2-1-9-30-19-4-5-20-15(12-19)3-6-22(28)26-20/h4-5,10-12H,1-3,6-9,13-14H2,(H,25,27)(H,26,28). The van der Waals surface area contributed by atoms with E-state index in [2.05, 4.69) is 10.6 Å². The first-order chi connectivity index (χ1) is 15.1. The summed E-state index contributed by atoms with van der Waals surface area (Å²) in [5, 5.41) is 5.70. The number of ether oxygens (including phenoxy) is 3. The number of fused-ring (bicyclic) bond motifs is 2. The average molecular weight is 428 g/mol. The second kappa shape index (κ2) is 9.78. The molecule has 2 aliphatic rings. The maximum Gasteiger partial charge on any atom is 0.224 e. The monoisotopic (exact) mass is 428 g/mol. The lowest BCUT2D eigenvalue weighted by molar-refractivity contribution is -0.121. The number of anilines is 1. The van der Waals surface area contributed by atoms with Crippen molar-refractivity contribution in [2.45, 2.75) is 38.7 Å². The number of aryl methyl sites for hydroxylation is 1. The first-order valence-corrected chi connectivity index (χ1v) is 10.4. The molecule has 0 unspecified atom stereocenters. The van der Waals surface area contributed by atoms with Crippen molar-refractivity contribution in [1.82, 2.24) is 5.32 Å². The molecule has 0 atom stereocenters. The van der Waals surface area contributed by atoms with Crippen LogP contribution in [0.4, 0.5) is 10.1 Å². The molecule has 2 aromatic rings. The molecule has 8 heteroatoms. The maximum atomic E-state index is 13.8. The zero-order valence-electron chi connectivity index (χ0n) is 17.2. The molecule has 0 aromatic heterocycles. The van der Waals surface area contributed by atoms with E-state index in [0.29, 0.717) is 63.2 Å². The number of hydrogen-bond donors (Lipinski definition) is 2. The molecule has 0 saturated carbocycles. The van der Waals surface area contributed by atoms with Gasteiger partial charge in [0.15, 0.2) is 6.79 Å². The van der Waals surface area contributed by atoms with Gasteiger partial charge in [-0.2, -0.15) is 0 Å². The van der Waals surface area contributed by atoms with Gasteiger partial charge in [-0.15, -0.1) is 0 Å². The number of rotatable bonds is 8. The lowest BCUT2D eigenvalue weighted by Crippen LogP contribution is -2.26. The molecule has 0 radical (unpaired) electrons. The fourth-order valence-electron chi connectivity index (χ4n) is 3.74. The Kier molecular flexibility index (Phi) is 6.66. The summed E-state index contributed by atoms with van der Waals surface area (Å²) in [6, 6.07) is 8.44. The Bertz CT molecular complexity index is 979. The van der Waals surface area contributed by atoms with Gasteiger partial charge in [0.05, 0.1) is 13.2 Å². The summed E-state index contributed by atoms with van der Waals surface area (Å²) < 4.78 is 30.2. The fraction of sp³-hybridized carbons (Fsp3) is 0.391. The molecule has 2 amide bonds. The van der Waals surface area contributed by atoms with Gasteiger partial charge in [0.25, 0.3) is 0 Å². The number of nitrogens with one attached hydrogen (secondary N) is 2. The average Bonchev–Trinajstić information content (AvgIpc) is 2.76. The number of halogens is 1.